The van der Waals surface area contributed by atoms with Crippen molar-refractivity contribution >= 4 is 17.4 Å². The van der Waals surface area contributed by atoms with Gasteiger partial charge < -0.3 is 29.6 Å². The number of amides is 1. The number of carbonyl (C=O) groups excluding carboxylic acids is 1. The van der Waals surface area contributed by atoms with Gasteiger partial charge in [-0.2, -0.15) is 0 Å². The van der Waals surface area contributed by atoms with Crippen molar-refractivity contribution in [3.63, 3.8) is 0 Å². The van der Waals surface area contributed by atoms with Crippen LogP contribution in [0.4, 0.5) is 11.5 Å². The summed E-state index contributed by atoms with van der Waals surface area (Å²) >= 11 is 0. The molecule has 0 radical (unpaired) electrons. The molecule has 0 aliphatic carbocycles. The Morgan fingerprint density at radius 3 is 2.06 bits per heavy atom. The number of anilines is 2. The van der Waals surface area contributed by atoms with Crippen molar-refractivity contribution in [2.24, 2.45) is 0 Å². The molecule has 0 atom stereocenters. The Balaban J connectivity index is 1.64. The van der Waals surface area contributed by atoms with Gasteiger partial charge in [0.25, 0.3) is 5.91 Å². The lowest BCUT2D eigenvalue weighted by atomic mass is 10.1. The van der Waals surface area contributed by atoms with Crippen molar-refractivity contribution in [3.8, 4) is 23.0 Å². The second kappa shape index (κ2) is 10.2. The lowest BCUT2D eigenvalue weighted by Gasteiger charge is -2.14. The zero-order valence-electron chi connectivity index (χ0n) is 17.9. The summed E-state index contributed by atoms with van der Waals surface area (Å²) in [4.78, 5) is 17.0. The van der Waals surface area contributed by atoms with Crippen molar-refractivity contribution in [1.29, 1.82) is 0 Å². The third-order valence-corrected chi connectivity index (χ3v) is 4.58. The molecule has 0 saturated carbocycles. The molecule has 31 heavy (non-hydrogen) atoms. The minimum atomic E-state index is -0.319. The van der Waals surface area contributed by atoms with Crippen LogP contribution in [0.15, 0.2) is 54.7 Å². The van der Waals surface area contributed by atoms with Crippen molar-refractivity contribution in [2.75, 3.05) is 39.1 Å². The molecule has 0 saturated heterocycles. The van der Waals surface area contributed by atoms with Crippen LogP contribution in [0.2, 0.25) is 0 Å². The maximum atomic E-state index is 12.7. The Hall–Kier alpha value is -3.94. The van der Waals surface area contributed by atoms with Crippen LogP contribution in [0.5, 0.6) is 23.0 Å². The number of hydrogen-bond donors (Lipinski definition) is 2. The smallest absolute Gasteiger partial charge is 0.255 e. The molecule has 0 unspecified atom stereocenters. The van der Waals surface area contributed by atoms with E-state index in [-0.39, 0.29) is 5.91 Å². The molecule has 1 amide bonds. The fourth-order valence-electron chi connectivity index (χ4n) is 2.92. The van der Waals surface area contributed by atoms with Gasteiger partial charge in [0.1, 0.15) is 11.6 Å². The maximum Gasteiger partial charge on any atom is 0.255 e. The van der Waals surface area contributed by atoms with Crippen molar-refractivity contribution in [2.45, 2.75) is 6.54 Å². The zero-order valence-corrected chi connectivity index (χ0v) is 17.9. The van der Waals surface area contributed by atoms with Gasteiger partial charge in [-0.1, -0.05) is 12.1 Å². The normalized spacial score (nSPS) is 10.2. The fourth-order valence-corrected chi connectivity index (χ4v) is 2.92. The molecule has 162 valence electrons. The van der Waals surface area contributed by atoms with E-state index < -0.39 is 0 Å². The molecule has 2 aromatic carbocycles. The highest BCUT2D eigenvalue weighted by atomic mass is 16.5. The van der Waals surface area contributed by atoms with Gasteiger partial charge in [-0.3, -0.25) is 4.79 Å². The zero-order chi connectivity index (χ0) is 22.2. The molecule has 8 heteroatoms. The topological polar surface area (TPSA) is 90.9 Å². The van der Waals surface area contributed by atoms with Crippen LogP contribution in [-0.2, 0) is 6.54 Å². The van der Waals surface area contributed by atoms with E-state index in [0.717, 1.165) is 11.3 Å². The lowest BCUT2D eigenvalue weighted by molar-refractivity contribution is 0.102. The largest absolute Gasteiger partial charge is 0.497 e. The first-order valence-electron chi connectivity index (χ1n) is 9.52. The van der Waals surface area contributed by atoms with Gasteiger partial charge in [0.2, 0.25) is 5.75 Å². The van der Waals surface area contributed by atoms with Gasteiger partial charge >= 0.3 is 0 Å². The minimum absolute atomic E-state index is 0.319. The molecule has 0 aliphatic rings. The van der Waals surface area contributed by atoms with Gasteiger partial charge in [-0.25, -0.2) is 4.98 Å². The van der Waals surface area contributed by atoms with Crippen LogP contribution in [0.1, 0.15) is 15.9 Å². The Kier molecular flexibility index (Phi) is 7.16. The number of carbonyl (C=O) groups is 1. The number of benzene rings is 2. The van der Waals surface area contributed by atoms with E-state index in [0.29, 0.717) is 40.9 Å². The number of nitrogens with zero attached hydrogens (tertiary/aromatic N) is 1. The fraction of sp³-hybridized carbons (Fsp3) is 0.217. The Labute approximate surface area is 181 Å². The first-order chi connectivity index (χ1) is 15.1. The predicted molar refractivity (Wildman–Crippen MR) is 119 cm³/mol. The first-order valence-corrected chi connectivity index (χ1v) is 9.52. The molecule has 0 spiro atoms. The molecular formula is C23H25N3O5. The lowest BCUT2D eigenvalue weighted by Crippen LogP contribution is -2.13. The summed E-state index contributed by atoms with van der Waals surface area (Å²) < 4.78 is 21.0. The van der Waals surface area contributed by atoms with Crippen molar-refractivity contribution in [3.05, 3.63) is 65.9 Å². The first kappa shape index (κ1) is 21.8. The van der Waals surface area contributed by atoms with Crippen molar-refractivity contribution < 1.29 is 23.7 Å². The number of methoxy groups -OCH3 is 4. The highest BCUT2D eigenvalue weighted by Gasteiger charge is 2.17. The molecule has 8 nitrogen and oxygen atoms in total. The van der Waals surface area contributed by atoms with Gasteiger partial charge in [0, 0.05) is 12.1 Å². The number of nitrogens with one attached hydrogen (secondary N) is 2. The van der Waals surface area contributed by atoms with Gasteiger partial charge in [0.15, 0.2) is 11.5 Å². The highest BCUT2D eigenvalue weighted by molar-refractivity contribution is 6.05. The summed E-state index contributed by atoms with van der Waals surface area (Å²) in [5.41, 5.74) is 2.03. The number of hydrogen-bond acceptors (Lipinski definition) is 7. The van der Waals surface area contributed by atoms with Gasteiger partial charge in [0.05, 0.1) is 40.3 Å². The summed E-state index contributed by atoms with van der Waals surface area (Å²) in [6.07, 6.45) is 1.59. The summed E-state index contributed by atoms with van der Waals surface area (Å²) in [5.74, 6) is 2.43. The maximum absolute atomic E-state index is 12.7. The number of pyridine rings is 1. The second-order valence-electron chi connectivity index (χ2n) is 6.50. The van der Waals surface area contributed by atoms with Crippen LogP contribution >= 0.6 is 0 Å². The molecule has 0 bridgehead atoms. The minimum Gasteiger partial charge on any atom is -0.497 e. The molecule has 1 heterocycles. The summed E-state index contributed by atoms with van der Waals surface area (Å²) in [5, 5.41) is 6.06. The van der Waals surface area contributed by atoms with E-state index in [4.69, 9.17) is 18.9 Å². The SMILES string of the molecule is COc1ccc(CNc2ccc(NC(=O)c3cc(OC)c(OC)c(OC)c3)cn2)cc1. The van der Waals surface area contributed by atoms with Crippen LogP contribution in [0.3, 0.4) is 0 Å². The Bertz CT molecular complexity index is 995. The summed E-state index contributed by atoms with van der Waals surface area (Å²) in [6.45, 7) is 0.619. The molecule has 3 aromatic rings. The van der Waals surface area contributed by atoms with E-state index in [9.17, 15) is 4.79 Å². The van der Waals surface area contributed by atoms with Gasteiger partial charge in [-0.05, 0) is 42.0 Å². The highest BCUT2D eigenvalue weighted by Crippen LogP contribution is 2.38. The average molecular weight is 423 g/mol. The third-order valence-electron chi connectivity index (χ3n) is 4.58. The number of rotatable bonds is 9. The standard InChI is InChI=1S/C23H25N3O5/c1-28-18-8-5-15(6-9-18)13-24-21-10-7-17(14-25-21)26-23(27)16-11-19(29-2)22(31-4)20(12-16)30-3/h5-12,14H,13H2,1-4H3,(H,24,25)(H,26,27). The Morgan fingerprint density at radius 1 is 0.871 bits per heavy atom. The Morgan fingerprint density at radius 2 is 1.55 bits per heavy atom. The summed E-state index contributed by atoms with van der Waals surface area (Å²) in [7, 11) is 6.15. The molecule has 1 aromatic heterocycles. The summed E-state index contributed by atoms with van der Waals surface area (Å²) in [6, 6.07) is 14.5. The van der Waals surface area contributed by atoms with Crippen LogP contribution in [-0.4, -0.2) is 39.3 Å². The van der Waals surface area contributed by atoms with E-state index in [2.05, 4.69) is 15.6 Å². The molecule has 3 rings (SSSR count). The quantitative estimate of drug-likeness (QED) is 0.538. The third kappa shape index (κ3) is 5.36. The second-order valence-corrected chi connectivity index (χ2v) is 6.50. The van der Waals surface area contributed by atoms with E-state index >= 15 is 0 Å². The van der Waals surface area contributed by atoms with Gasteiger partial charge in [-0.15, -0.1) is 0 Å². The van der Waals surface area contributed by atoms with E-state index in [1.807, 2.05) is 24.3 Å². The van der Waals surface area contributed by atoms with Crippen molar-refractivity contribution in [1.82, 2.24) is 4.98 Å². The molecular weight excluding hydrogens is 398 g/mol. The van der Waals surface area contributed by atoms with Crippen LogP contribution in [0, 0.1) is 0 Å². The van der Waals surface area contributed by atoms with Crippen LogP contribution < -0.4 is 29.6 Å². The molecule has 2 N–H and O–H groups in total. The van der Waals surface area contributed by atoms with E-state index in [1.165, 1.54) is 21.3 Å². The predicted octanol–water partition coefficient (Wildman–Crippen LogP) is 3.98. The number of ether oxygens (including phenoxy) is 4. The van der Waals surface area contributed by atoms with Crippen LogP contribution in [0.25, 0.3) is 0 Å². The average Bonchev–Trinajstić information content (AvgIpc) is 2.82. The molecule has 0 fully saturated rings. The number of aromatic nitrogens is 1. The monoisotopic (exact) mass is 423 g/mol. The van der Waals surface area contributed by atoms with E-state index in [1.54, 1.807) is 37.6 Å². The molecule has 0 aliphatic heterocycles.